The first kappa shape index (κ1) is 29.8. The summed E-state index contributed by atoms with van der Waals surface area (Å²) in [5, 5.41) is 4.91. The minimum atomic E-state index is 0.668. The molecule has 52 heavy (non-hydrogen) atoms. The molecule has 244 valence electrons. The Balaban J connectivity index is 1.18. The van der Waals surface area contributed by atoms with Crippen molar-refractivity contribution >= 4 is 49.7 Å². The lowest BCUT2D eigenvalue weighted by molar-refractivity contribution is 1.15. The Morgan fingerprint density at radius 1 is 0.385 bits per heavy atom. The summed E-state index contributed by atoms with van der Waals surface area (Å²) in [6, 6.07) is 62.0. The van der Waals surface area contributed by atoms with Crippen LogP contribution in [0.2, 0.25) is 0 Å². The molecule has 0 saturated heterocycles. The van der Waals surface area contributed by atoms with Gasteiger partial charge in [0.05, 0.1) is 33.5 Å². The van der Waals surface area contributed by atoms with E-state index in [9.17, 15) is 0 Å². The third kappa shape index (κ3) is 4.84. The Labute approximate surface area is 301 Å². The van der Waals surface area contributed by atoms with E-state index in [0.29, 0.717) is 5.82 Å². The number of nitrogens with zero attached hydrogens (tertiary/aromatic N) is 4. The maximum absolute atomic E-state index is 5.31. The average molecular weight is 665 g/mol. The highest BCUT2D eigenvalue weighted by atomic mass is 15.0. The second-order valence-corrected chi connectivity index (χ2v) is 13.1. The van der Waals surface area contributed by atoms with Crippen LogP contribution in [0.5, 0.6) is 0 Å². The largest absolute Gasteiger partial charge is 0.309 e. The molecule has 0 radical (unpaired) electrons. The van der Waals surface area contributed by atoms with Crippen molar-refractivity contribution in [3.63, 3.8) is 0 Å². The summed E-state index contributed by atoms with van der Waals surface area (Å²) in [5.41, 5.74) is 12.5. The summed E-state index contributed by atoms with van der Waals surface area (Å²) in [4.78, 5) is 10.5. The monoisotopic (exact) mass is 664 g/mol. The lowest BCUT2D eigenvalue weighted by atomic mass is 10.0. The van der Waals surface area contributed by atoms with Crippen LogP contribution in [-0.2, 0) is 0 Å². The molecule has 0 N–H and O–H groups in total. The zero-order valence-corrected chi connectivity index (χ0v) is 28.3. The molecular formula is C48H32N4. The molecular weight excluding hydrogens is 633 g/mol. The van der Waals surface area contributed by atoms with Crippen molar-refractivity contribution in [2.75, 3.05) is 0 Å². The van der Waals surface area contributed by atoms with Gasteiger partial charge in [-0.05, 0) is 66.2 Å². The molecule has 3 aromatic heterocycles. The van der Waals surface area contributed by atoms with Crippen LogP contribution in [0.4, 0.5) is 0 Å². The van der Waals surface area contributed by atoms with E-state index in [4.69, 9.17) is 9.97 Å². The van der Waals surface area contributed by atoms with Gasteiger partial charge in [0.15, 0.2) is 5.82 Å². The van der Waals surface area contributed by atoms with Gasteiger partial charge in [-0.3, -0.25) is 0 Å². The van der Waals surface area contributed by atoms with E-state index in [-0.39, 0.29) is 0 Å². The first-order chi connectivity index (χ1) is 25.7. The molecule has 4 heteroatoms. The van der Waals surface area contributed by atoms with Crippen molar-refractivity contribution in [3.05, 3.63) is 188 Å². The van der Waals surface area contributed by atoms with Crippen molar-refractivity contribution in [1.29, 1.82) is 0 Å². The van der Waals surface area contributed by atoms with Crippen LogP contribution >= 0.6 is 0 Å². The number of aromatic nitrogens is 4. The van der Waals surface area contributed by atoms with Crippen molar-refractivity contribution in [3.8, 4) is 45.3 Å². The Morgan fingerprint density at radius 3 is 1.40 bits per heavy atom. The van der Waals surface area contributed by atoms with Crippen LogP contribution in [0.1, 0.15) is 5.56 Å². The van der Waals surface area contributed by atoms with Crippen LogP contribution in [0.25, 0.3) is 95.0 Å². The van der Waals surface area contributed by atoms with Crippen molar-refractivity contribution in [2.24, 2.45) is 0 Å². The van der Waals surface area contributed by atoms with Crippen LogP contribution in [0.3, 0.4) is 0 Å². The smallest absolute Gasteiger partial charge is 0.160 e. The average Bonchev–Trinajstić information content (AvgIpc) is 3.74. The van der Waals surface area contributed by atoms with Crippen molar-refractivity contribution in [1.82, 2.24) is 19.1 Å². The molecule has 7 aromatic carbocycles. The van der Waals surface area contributed by atoms with Gasteiger partial charge < -0.3 is 9.13 Å². The molecule has 0 aliphatic heterocycles. The lowest BCUT2D eigenvalue weighted by Gasteiger charge is -2.14. The Bertz CT molecular complexity index is 2880. The highest BCUT2D eigenvalue weighted by Crippen LogP contribution is 2.36. The van der Waals surface area contributed by atoms with Crippen LogP contribution in [-0.4, -0.2) is 19.1 Å². The molecule has 0 aliphatic rings. The Hall–Kier alpha value is -7.04. The molecule has 3 heterocycles. The van der Waals surface area contributed by atoms with E-state index in [1.54, 1.807) is 0 Å². The van der Waals surface area contributed by atoms with Gasteiger partial charge in [-0.1, -0.05) is 128 Å². The van der Waals surface area contributed by atoms with Gasteiger partial charge in [-0.2, -0.15) is 0 Å². The highest BCUT2D eigenvalue weighted by Gasteiger charge is 2.17. The predicted molar refractivity (Wildman–Crippen MR) is 217 cm³/mol. The summed E-state index contributed by atoms with van der Waals surface area (Å²) in [5.74, 6) is 0.668. The van der Waals surface area contributed by atoms with E-state index in [1.165, 1.54) is 32.6 Å². The molecule has 0 atom stereocenters. The number of benzene rings is 7. The SMILES string of the molecule is C=Cc1cc(-c2cc(-c3ccccc3)nc(-c3cccc(-n4c5ccccc5c5ccccc54)c3)n2)cc(-n2c3ccccc3c3ccccc32)c1. The number of fused-ring (bicyclic) bond motifs is 6. The first-order valence-electron chi connectivity index (χ1n) is 17.5. The number of hydrogen-bond acceptors (Lipinski definition) is 2. The lowest BCUT2D eigenvalue weighted by Crippen LogP contribution is -1.99. The topological polar surface area (TPSA) is 35.6 Å². The van der Waals surface area contributed by atoms with Crippen LogP contribution in [0.15, 0.2) is 183 Å². The summed E-state index contributed by atoms with van der Waals surface area (Å²) in [6.07, 6.45) is 1.91. The van der Waals surface area contributed by atoms with E-state index in [0.717, 1.165) is 56.0 Å². The second-order valence-electron chi connectivity index (χ2n) is 13.1. The van der Waals surface area contributed by atoms with Gasteiger partial charge in [-0.15, -0.1) is 0 Å². The Kier molecular flexibility index (Phi) is 6.93. The quantitative estimate of drug-likeness (QED) is 0.177. The predicted octanol–water partition coefficient (Wildman–Crippen LogP) is 12.3. The minimum Gasteiger partial charge on any atom is -0.309 e. The van der Waals surface area contributed by atoms with Gasteiger partial charge in [0.2, 0.25) is 0 Å². The third-order valence-corrected chi connectivity index (χ3v) is 10.0. The number of rotatable bonds is 6. The van der Waals surface area contributed by atoms with Gasteiger partial charge in [0.1, 0.15) is 0 Å². The molecule has 0 unspecified atom stereocenters. The van der Waals surface area contributed by atoms with Crippen molar-refractivity contribution in [2.45, 2.75) is 0 Å². The van der Waals surface area contributed by atoms with E-state index in [1.807, 2.05) is 12.1 Å². The molecule has 10 rings (SSSR count). The maximum atomic E-state index is 5.31. The fraction of sp³-hybridized carbons (Fsp3) is 0. The Morgan fingerprint density at radius 2 is 0.846 bits per heavy atom. The fourth-order valence-electron chi connectivity index (χ4n) is 7.70. The molecule has 4 nitrogen and oxygen atoms in total. The zero-order chi connectivity index (χ0) is 34.6. The molecule has 0 saturated carbocycles. The standard InChI is InChI=1S/C48H32N4/c1-2-32-27-35(30-37(28-32)52-46-25-12-8-21-40(46)41-22-9-13-26-47(41)52)43-31-42(33-15-4-3-5-16-33)49-48(50-43)34-17-14-18-36(29-34)51-44-23-10-6-19-38(44)39-20-7-11-24-45(39)51/h2-31H,1H2. The van der Waals surface area contributed by atoms with E-state index < -0.39 is 0 Å². The fourth-order valence-corrected chi connectivity index (χ4v) is 7.70. The van der Waals surface area contributed by atoms with Gasteiger partial charge in [0.25, 0.3) is 0 Å². The molecule has 0 fully saturated rings. The highest BCUT2D eigenvalue weighted by molar-refractivity contribution is 6.10. The first-order valence-corrected chi connectivity index (χ1v) is 17.5. The van der Waals surface area contributed by atoms with Gasteiger partial charge in [-0.25, -0.2) is 9.97 Å². The molecule has 0 aliphatic carbocycles. The molecule has 0 bridgehead atoms. The van der Waals surface area contributed by atoms with Gasteiger partial charge >= 0.3 is 0 Å². The van der Waals surface area contributed by atoms with Crippen molar-refractivity contribution < 1.29 is 0 Å². The number of hydrogen-bond donors (Lipinski definition) is 0. The van der Waals surface area contributed by atoms with Gasteiger partial charge in [0, 0.05) is 49.6 Å². The second kappa shape index (κ2) is 12.1. The summed E-state index contributed by atoms with van der Waals surface area (Å²) in [6.45, 7) is 4.18. The summed E-state index contributed by atoms with van der Waals surface area (Å²) in [7, 11) is 0. The zero-order valence-electron chi connectivity index (χ0n) is 28.3. The minimum absolute atomic E-state index is 0.668. The maximum Gasteiger partial charge on any atom is 0.160 e. The number of para-hydroxylation sites is 4. The summed E-state index contributed by atoms with van der Waals surface area (Å²) < 4.78 is 4.68. The molecule has 10 aromatic rings. The third-order valence-electron chi connectivity index (χ3n) is 10.0. The summed E-state index contributed by atoms with van der Waals surface area (Å²) >= 11 is 0. The van der Waals surface area contributed by atoms with E-state index >= 15 is 0 Å². The van der Waals surface area contributed by atoms with Crippen LogP contribution in [0, 0.1) is 0 Å². The normalized spacial score (nSPS) is 11.5. The molecule has 0 amide bonds. The van der Waals surface area contributed by atoms with E-state index in [2.05, 4.69) is 186 Å². The molecule has 0 spiro atoms. The van der Waals surface area contributed by atoms with Crippen LogP contribution < -0.4 is 0 Å².